The number of benzene rings is 1. The minimum atomic E-state index is -4.49. The first-order chi connectivity index (χ1) is 20.0. The summed E-state index contributed by atoms with van der Waals surface area (Å²) < 4.78 is 43.7. The smallest absolute Gasteiger partial charge is 0.392 e. The number of nitrogens with zero attached hydrogens (tertiary/aromatic N) is 3. The molecule has 2 aliphatic heterocycles. The molecule has 7 unspecified atom stereocenters. The monoisotopic (exact) mass is 587 g/mol. The van der Waals surface area contributed by atoms with Crippen LogP contribution in [-0.4, -0.2) is 68.7 Å². The molecule has 3 heterocycles. The van der Waals surface area contributed by atoms with E-state index >= 15 is 0 Å². The van der Waals surface area contributed by atoms with Crippen molar-refractivity contribution in [1.82, 2.24) is 9.47 Å². The minimum Gasteiger partial charge on any atom is -0.494 e. The highest BCUT2D eigenvalue weighted by Crippen LogP contribution is 2.68. The molecule has 0 radical (unpaired) electrons. The molecule has 3 fully saturated rings. The van der Waals surface area contributed by atoms with E-state index in [0.717, 1.165) is 63.0 Å². The molecule has 5 aliphatic rings. The molecule has 3 aliphatic carbocycles. The van der Waals surface area contributed by atoms with Gasteiger partial charge in [-0.25, -0.2) is 0 Å². The third-order valence-corrected chi connectivity index (χ3v) is 11.3. The summed E-state index contributed by atoms with van der Waals surface area (Å²) in [4.78, 5) is 17.2. The van der Waals surface area contributed by atoms with E-state index < -0.39 is 36.0 Å². The van der Waals surface area contributed by atoms with Gasteiger partial charge in [0, 0.05) is 60.9 Å². The molecule has 1 saturated heterocycles. The number of hydrogen-bond donors (Lipinski definition) is 3. The van der Waals surface area contributed by atoms with Crippen LogP contribution in [0.3, 0.4) is 0 Å². The predicted octanol–water partition coefficient (Wildman–Crippen LogP) is 5.13. The molecular formula is C32H40F3N3O4. The number of carbonyl (C=O) groups is 1. The lowest BCUT2D eigenvalue weighted by molar-refractivity contribution is -0.197. The molecule has 2 bridgehead atoms. The molecule has 228 valence electrons. The summed E-state index contributed by atoms with van der Waals surface area (Å²) in [6.07, 6.45) is -0.131. The van der Waals surface area contributed by atoms with Crippen LogP contribution in [0.2, 0.25) is 0 Å². The van der Waals surface area contributed by atoms with Crippen LogP contribution >= 0.6 is 0 Å². The number of halogens is 3. The van der Waals surface area contributed by atoms with Crippen molar-refractivity contribution in [3.8, 4) is 11.8 Å². The van der Waals surface area contributed by atoms with Crippen LogP contribution in [0.1, 0.15) is 74.0 Å². The van der Waals surface area contributed by atoms with E-state index in [1.807, 2.05) is 29.2 Å². The number of aliphatic hydroxyl groups is 1. The van der Waals surface area contributed by atoms with E-state index in [4.69, 9.17) is 0 Å². The number of aliphatic hydroxyl groups excluding tert-OH is 1. The van der Waals surface area contributed by atoms with Crippen molar-refractivity contribution in [1.29, 1.82) is 0 Å². The Hall–Kier alpha value is -2.72. The van der Waals surface area contributed by atoms with Gasteiger partial charge < -0.3 is 25.1 Å². The molecule has 1 amide bonds. The molecule has 10 heteroatoms. The highest BCUT2D eigenvalue weighted by atomic mass is 19.4. The number of likely N-dealkylation sites (tertiary alicyclic amines) is 1. The maximum absolute atomic E-state index is 14.1. The lowest BCUT2D eigenvalue weighted by Crippen LogP contribution is -2.47. The summed E-state index contributed by atoms with van der Waals surface area (Å²) >= 11 is 0. The first kappa shape index (κ1) is 28.1. The van der Waals surface area contributed by atoms with E-state index in [0.29, 0.717) is 24.4 Å². The lowest BCUT2D eigenvalue weighted by atomic mass is 9.74. The van der Waals surface area contributed by atoms with E-state index in [1.165, 1.54) is 11.5 Å². The maximum atomic E-state index is 14.1. The second-order valence-corrected chi connectivity index (χ2v) is 13.5. The van der Waals surface area contributed by atoms with Gasteiger partial charge in [0.1, 0.15) is 0 Å². The van der Waals surface area contributed by atoms with Gasteiger partial charge in [0.05, 0.1) is 18.4 Å². The molecule has 42 heavy (non-hydrogen) atoms. The number of aromatic hydroxyl groups is 2. The average Bonchev–Trinajstić information content (AvgIpc) is 3.74. The number of fused-ring (bicyclic) bond motifs is 6. The van der Waals surface area contributed by atoms with Crippen molar-refractivity contribution < 1.29 is 33.3 Å². The second kappa shape index (κ2) is 10.2. The highest BCUT2D eigenvalue weighted by Gasteiger charge is 2.64. The molecule has 0 spiro atoms. The van der Waals surface area contributed by atoms with E-state index in [1.54, 1.807) is 0 Å². The summed E-state index contributed by atoms with van der Waals surface area (Å²) in [5, 5.41) is 32.7. The number of hydrogen-bond acceptors (Lipinski definition) is 5. The standard InChI is InChI=1S/C32H40F3N3O4/c1-17(39)26-22-14-23(29(26)32(33,34)35)28-27(22)30(41)37(31(28)42)16-20-7-4-6-19(20)15-36-11-9-21(10-12-36)38-24-8-3-2-5-18(24)13-25(38)40/h2-3,5,8,17,19-23,26,29,39,41-42H,4,6-7,9-16H2,1H3. The summed E-state index contributed by atoms with van der Waals surface area (Å²) in [6, 6.07) is 8.24. The maximum Gasteiger partial charge on any atom is 0.392 e. The number of piperidine rings is 1. The largest absolute Gasteiger partial charge is 0.494 e. The Morgan fingerprint density at radius 1 is 0.952 bits per heavy atom. The number of alkyl halides is 3. The van der Waals surface area contributed by atoms with Crippen LogP contribution in [0.4, 0.5) is 18.9 Å². The average molecular weight is 588 g/mol. The Labute approximate surface area is 243 Å². The van der Waals surface area contributed by atoms with Crippen molar-refractivity contribution in [2.24, 2.45) is 23.7 Å². The zero-order valence-electron chi connectivity index (χ0n) is 23.9. The van der Waals surface area contributed by atoms with Gasteiger partial charge in [0.25, 0.3) is 0 Å². The van der Waals surface area contributed by atoms with Gasteiger partial charge in [0.2, 0.25) is 5.91 Å². The Morgan fingerprint density at radius 3 is 2.26 bits per heavy atom. The molecule has 2 saturated carbocycles. The predicted molar refractivity (Wildman–Crippen MR) is 151 cm³/mol. The van der Waals surface area contributed by atoms with Crippen LogP contribution in [0.15, 0.2) is 24.3 Å². The van der Waals surface area contributed by atoms with Gasteiger partial charge in [0.15, 0.2) is 11.8 Å². The SMILES string of the molecule is CC(O)C1C2CC(c3c2c(O)n(CC2CCCC2CN2CCC(N4C(=O)Cc5ccccc54)CC2)c3O)C1C(F)(F)F. The minimum absolute atomic E-state index is 0.122. The Balaban J connectivity index is 1.03. The molecule has 3 N–H and O–H groups in total. The van der Waals surface area contributed by atoms with Gasteiger partial charge in [-0.2, -0.15) is 13.2 Å². The topological polar surface area (TPSA) is 89.2 Å². The van der Waals surface area contributed by atoms with Crippen LogP contribution in [0.25, 0.3) is 0 Å². The fraction of sp³-hybridized carbons (Fsp3) is 0.656. The quantitative estimate of drug-likeness (QED) is 0.436. The second-order valence-electron chi connectivity index (χ2n) is 13.5. The number of rotatable bonds is 6. The Morgan fingerprint density at radius 2 is 1.60 bits per heavy atom. The molecular weight excluding hydrogens is 547 g/mol. The zero-order chi connectivity index (χ0) is 29.5. The van der Waals surface area contributed by atoms with E-state index in [-0.39, 0.29) is 41.6 Å². The van der Waals surface area contributed by atoms with Gasteiger partial charge in [-0.05, 0) is 68.4 Å². The molecule has 7 rings (SSSR count). The number of anilines is 1. The van der Waals surface area contributed by atoms with Gasteiger partial charge in [-0.1, -0.05) is 24.6 Å². The molecule has 1 aromatic heterocycles. The molecule has 7 atom stereocenters. The van der Waals surface area contributed by atoms with Crippen molar-refractivity contribution in [2.45, 2.75) is 88.6 Å². The fourth-order valence-corrected chi connectivity index (χ4v) is 9.52. The zero-order valence-corrected chi connectivity index (χ0v) is 23.9. The molecule has 1 aromatic carbocycles. The van der Waals surface area contributed by atoms with Crippen LogP contribution in [0, 0.1) is 23.7 Å². The third-order valence-electron chi connectivity index (χ3n) is 11.3. The summed E-state index contributed by atoms with van der Waals surface area (Å²) in [5.41, 5.74) is 2.80. The first-order valence-corrected chi connectivity index (χ1v) is 15.6. The van der Waals surface area contributed by atoms with Gasteiger partial charge in [-0.3, -0.25) is 9.36 Å². The number of amides is 1. The Kier molecular flexibility index (Phi) is 6.81. The van der Waals surface area contributed by atoms with Crippen molar-refractivity contribution in [2.75, 3.05) is 24.5 Å². The first-order valence-electron chi connectivity index (χ1n) is 15.6. The van der Waals surface area contributed by atoms with Gasteiger partial charge in [-0.15, -0.1) is 0 Å². The van der Waals surface area contributed by atoms with E-state index in [2.05, 4.69) is 4.90 Å². The number of carbonyl (C=O) groups excluding carboxylic acids is 1. The van der Waals surface area contributed by atoms with Crippen LogP contribution < -0.4 is 4.90 Å². The van der Waals surface area contributed by atoms with Crippen molar-refractivity contribution in [3.63, 3.8) is 0 Å². The normalized spacial score (nSPS) is 32.1. The van der Waals surface area contributed by atoms with Gasteiger partial charge >= 0.3 is 6.18 Å². The summed E-state index contributed by atoms with van der Waals surface area (Å²) in [6.45, 7) is 4.47. The van der Waals surface area contributed by atoms with E-state index in [9.17, 15) is 33.3 Å². The molecule has 2 aromatic rings. The Bertz CT molecular complexity index is 1370. The summed E-state index contributed by atoms with van der Waals surface area (Å²) in [5.74, 6) is -3.90. The third kappa shape index (κ3) is 4.34. The highest BCUT2D eigenvalue weighted by molar-refractivity contribution is 6.01. The van der Waals surface area contributed by atoms with Crippen LogP contribution in [0.5, 0.6) is 11.8 Å². The summed E-state index contributed by atoms with van der Waals surface area (Å²) in [7, 11) is 0. The fourth-order valence-electron chi connectivity index (χ4n) is 9.52. The van der Waals surface area contributed by atoms with Crippen LogP contribution in [-0.2, 0) is 17.8 Å². The van der Waals surface area contributed by atoms with Crippen molar-refractivity contribution in [3.05, 3.63) is 41.0 Å². The van der Waals surface area contributed by atoms with Crippen molar-refractivity contribution >= 4 is 11.6 Å². The number of aromatic nitrogens is 1. The molecule has 7 nitrogen and oxygen atoms in total. The lowest BCUT2D eigenvalue weighted by Gasteiger charge is -2.38. The number of para-hydroxylation sites is 1.